The molecule has 0 amide bonds. The van der Waals surface area contributed by atoms with Crippen LogP contribution >= 0.6 is 0 Å². The summed E-state index contributed by atoms with van der Waals surface area (Å²) in [5.74, 6) is -0.223. The van der Waals surface area contributed by atoms with Crippen molar-refractivity contribution in [2.24, 2.45) is 39.4 Å². The van der Waals surface area contributed by atoms with Crippen LogP contribution in [0.5, 0.6) is 0 Å². The van der Waals surface area contributed by atoms with E-state index in [1.54, 1.807) is 13.0 Å². The molecule has 8 atom stereocenters. The van der Waals surface area contributed by atoms with Gasteiger partial charge in [-0.05, 0) is 86.0 Å². The Bertz CT molecular complexity index is 1080. The molecule has 0 saturated heterocycles. The monoisotopic (exact) mass is 528 g/mol. The van der Waals surface area contributed by atoms with Gasteiger partial charge in [0, 0.05) is 29.7 Å². The molecular formula is C32H48O6. The van der Waals surface area contributed by atoms with Gasteiger partial charge >= 0.3 is 11.9 Å². The van der Waals surface area contributed by atoms with Gasteiger partial charge in [-0.2, -0.15) is 0 Å². The smallest absolute Gasteiger partial charge is 0.330 e. The van der Waals surface area contributed by atoms with Gasteiger partial charge in [-0.25, -0.2) is 4.79 Å². The third-order valence-electron chi connectivity index (χ3n) is 12.0. The lowest BCUT2D eigenvalue weighted by molar-refractivity contribution is -0.155. The number of allylic oxidation sites excluding steroid dienone is 2. The van der Waals surface area contributed by atoms with Gasteiger partial charge in [0.2, 0.25) is 0 Å². The number of ether oxygens (including phenoxy) is 1. The van der Waals surface area contributed by atoms with Gasteiger partial charge in [-0.3, -0.25) is 9.59 Å². The number of carbonyl (C=O) groups is 3. The Morgan fingerprint density at radius 3 is 2.34 bits per heavy atom. The van der Waals surface area contributed by atoms with Crippen LogP contribution in [0.25, 0.3) is 0 Å². The van der Waals surface area contributed by atoms with E-state index in [9.17, 15) is 24.6 Å². The molecule has 0 aromatic rings. The van der Waals surface area contributed by atoms with Gasteiger partial charge in [0.05, 0.1) is 6.10 Å². The number of hydrogen-bond acceptors (Lipinski definition) is 5. The van der Waals surface area contributed by atoms with Crippen LogP contribution < -0.4 is 0 Å². The third-order valence-corrected chi connectivity index (χ3v) is 12.0. The minimum Gasteiger partial charge on any atom is -0.478 e. The van der Waals surface area contributed by atoms with Gasteiger partial charge in [0.1, 0.15) is 11.9 Å². The molecule has 0 heterocycles. The molecule has 0 radical (unpaired) electrons. The summed E-state index contributed by atoms with van der Waals surface area (Å²) >= 11 is 0. The van der Waals surface area contributed by atoms with E-state index in [-0.39, 0.29) is 34.7 Å². The lowest BCUT2D eigenvalue weighted by Gasteiger charge is -2.62. The number of carboxylic acids is 1. The molecule has 0 aliphatic heterocycles. The maximum absolute atomic E-state index is 12.9. The van der Waals surface area contributed by atoms with Gasteiger partial charge in [0.25, 0.3) is 0 Å². The summed E-state index contributed by atoms with van der Waals surface area (Å²) in [6.45, 7) is 16.3. The molecule has 212 valence electrons. The van der Waals surface area contributed by atoms with E-state index in [0.717, 1.165) is 37.7 Å². The Labute approximate surface area is 228 Å². The normalized spacial score (nSPS) is 41.2. The molecule has 4 rings (SSSR count). The number of fused-ring (bicyclic) bond motifs is 4. The molecule has 2 unspecified atom stereocenters. The summed E-state index contributed by atoms with van der Waals surface area (Å²) in [6, 6.07) is 0. The van der Waals surface area contributed by atoms with E-state index in [4.69, 9.17) is 4.74 Å². The van der Waals surface area contributed by atoms with Crippen LogP contribution in [-0.2, 0) is 19.1 Å². The Hall–Kier alpha value is -1.95. The van der Waals surface area contributed by atoms with E-state index in [0.29, 0.717) is 36.5 Å². The number of carboxylic acid groups (broad SMARTS) is 1. The van der Waals surface area contributed by atoms with Crippen molar-refractivity contribution < 1.29 is 29.3 Å². The first-order valence-corrected chi connectivity index (χ1v) is 14.5. The molecule has 4 aliphatic carbocycles. The highest BCUT2D eigenvalue weighted by Crippen LogP contribution is 2.72. The maximum atomic E-state index is 12.9. The average Bonchev–Trinajstić information content (AvgIpc) is 3.05. The molecule has 0 aromatic carbocycles. The number of esters is 1. The summed E-state index contributed by atoms with van der Waals surface area (Å²) in [5.41, 5.74) is 1.45. The van der Waals surface area contributed by atoms with Crippen molar-refractivity contribution in [3.05, 3.63) is 22.8 Å². The second-order valence-corrected chi connectivity index (χ2v) is 14.1. The van der Waals surface area contributed by atoms with Gasteiger partial charge in [-0.1, -0.05) is 53.2 Å². The van der Waals surface area contributed by atoms with Crippen LogP contribution in [0.1, 0.15) is 107 Å². The largest absolute Gasteiger partial charge is 0.478 e. The number of hydrogen-bond donors (Lipinski definition) is 2. The zero-order chi connectivity index (χ0) is 28.4. The second-order valence-electron chi connectivity index (χ2n) is 14.1. The van der Waals surface area contributed by atoms with Crippen LogP contribution in [0.2, 0.25) is 0 Å². The first kappa shape index (κ1) is 29.0. The number of aliphatic carboxylic acids is 1. The second kappa shape index (κ2) is 9.60. The molecule has 2 fully saturated rings. The van der Waals surface area contributed by atoms with Crippen molar-refractivity contribution in [3.8, 4) is 0 Å². The lowest BCUT2D eigenvalue weighted by Crippen LogP contribution is -2.58. The molecule has 6 heteroatoms. The maximum Gasteiger partial charge on any atom is 0.330 e. The number of ketones is 1. The first-order chi connectivity index (χ1) is 17.5. The summed E-state index contributed by atoms with van der Waals surface area (Å²) in [6.07, 6.45) is 6.89. The van der Waals surface area contributed by atoms with E-state index in [1.165, 1.54) is 12.5 Å². The highest BCUT2D eigenvalue weighted by molar-refractivity contribution is 5.86. The molecule has 0 bridgehead atoms. The average molecular weight is 529 g/mol. The molecule has 2 saturated carbocycles. The third kappa shape index (κ3) is 4.12. The van der Waals surface area contributed by atoms with Crippen LogP contribution in [-0.4, -0.2) is 40.1 Å². The highest BCUT2D eigenvalue weighted by Gasteiger charge is 2.69. The fourth-order valence-electron chi connectivity index (χ4n) is 9.57. The number of aliphatic hydroxyl groups excluding tert-OH is 1. The fourth-order valence-corrected chi connectivity index (χ4v) is 9.57. The van der Waals surface area contributed by atoms with Crippen LogP contribution in [0.15, 0.2) is 22.8 Å². The molecule has 2 N–H and O–H groups in total. The van der Waals surface area contributed by atoms with Crippen LogP contribution in [0.4, 0.5) is 0 Å². The lowest BCUT2D eigenvalue weighted by atomic mass is 9.42. The molecule has 6 nitrogen and oxygen atoms in total. The molecule has 38 heavy (non-hydrogen) atoms. The zero-order valence-corrected chi connectivity index (χ0v) is 24.6. The predicted octanol–water partition coefficient (Wildman–Crippen LogP) is 6.26. The van der Waals surface area contributed by atoms with Gasteiger partial charge in [-0.15, -0.1) is 0 Å². The Morgan fingerprint density at radius 2 is 1.74 bits per heavy atom. The van der Waals surface area contributed by atoms with Crippen molar-refractivity contribution in [2.45, 2.75) is 119 Å². The summed E-state index contributed by atoms with van der Waals surface area (Å²) < 4.78 is 6.10. The zero-order valence-electron chi connectivity index (χ0n) is 24.6. The van der Waals surface area contributed by atoms with Gasteiger partial charge < -0.3 is 14.9 Å². The predicted molar refractivity (Wildman–Crippen MR) is 146 cm³/mol. The number of rotatable bonds is 6. The Morgan fingerprint density at radius 1 is 1.08 bits per heavy atom. The van der Waals surface area contributed by atoms with E-state index < -0.39 is 22.9 Å². The standard InChI is InChI=1S/C32H48O6/c1-18(10-9-11-19(2)28(36)37)22-16-26(38-20(3)33)32(8)27-21(12-15-31(22,32)7)30(6)14-13-25(35)29(4,5)24(30)17-23(27)34/h11,18,22-24,26,34H,9-10,12-17H2,1-8H3,(H,36,37)/b19-11+/t18-,22-,23-,24?,26?,30-,31-,32+/m1/s1. The number of aliphatic hydroxyl groups is 1. The molecule has 0 spiro atoms. The Kier molecular flexibility index (Phi) is 7.34. The first-order valence-electron chi connectivity index (χ1n) is 14.5. The fraction of sp³-hybridized carbons (Fsp3) is 0.781. The Balaban J connectivity index is 1.77. The van der Waals surface area contributed by atoms with Crippen LogP contribution in [0, 0.1) is 39.4 Å². The molecule has 0 aromatic heterocycles. The molecule has 4 aliphatic rings. The minimum atomic E-state index is -0.884. The topological polar surface area (TPSA) is 101 Å². The van der Waals surface area contributed by atoms with Crippen molar-refractivity contribution in [1.29, 1.82) is 0 Å². The SMILES string of the molecule is CC(=O)OC1C[C@H]([C@H](C)CC/C=C(\C)C(=O)O)[C@@]2(C)CCC3=C([C@H](O)CC4C(C)(C)C(=O)CC[C@]34C)[C@]12C. The van der Waals surface area contributed by atoms with E-state index in [2.05, 4.69) is 41.5 Å². The van der Waals surface area contributed by atoms with Crippen LogP contribution in [0.3, 0.4) is 0 Å². The molecular weight excluding hydrogens is 480 g/mol. The number of carbonyl (C=O) groups excluding carboxylic acids is 2. The highest BCUT2D eigenvalue weighted by atomic mass is 16.5. The van der Waals surface area contributed by atoms with Gasteiger partial charge in [0.15, 0.2) is 0 Å². The van der Waals surface area contributed by atoms with Crippen molar-refractivity contribution in [1.82, 2.24) is 0 Å². The van der Waals surface area contributed by atoms with Crippen molar-refractivity contribution in [3.63, 3.8) is 0 Å². The van der Waals surface area contributed by atoms with Crippen molar-refractivity contribution in [2.75, 3.05) is 0 Å². The van der Waals surface area contributed by atoms with E-state index in [1.807, 2.05) is 0 Å². The van der Waals surface area contributed by atoms with E-state index >= 15 is 0 Å². The summed E-state index contributed by atoms with van der Waals surface area (Å²) in [4.78, 5) is 36.5. The minimum absolute atomic E-state index is 0.0884. The number of Topliss-reactive ketones (excluding diaryl/α,β-unsaturated/α-hetero) is 1. The van der Waals surface area contributed by atoms with Crippen molar-refractivity contribution >= 4 is 17.7 Å². The summed E-state index contributed by atoms with van der Waals surface area (Å²) in [5, 5.41) is 21.1. The quantitative estimate of drug-likeness (QED) is 0.240. The summed E-state index contributed by atoms with van der Waals surface area (Å²) in [7, 11) is 0.